The average molecular weight is 526 g/mol. The Morgan fingerprint density at radius 3 is 2.50 bits per heavy atom. The number of carbonyl (C=O) groups is 1. The molecule has 0 saturated heterocycles. The fourth-order valence-corrected chi connectivity index (χ4v) is 5.13. The molecular formula is C26H43N3O6S. The van der Waals surface area contributed by atoms with Crippen molar-refractivity contribution in [2.45, 2.75) is 97.1 Å². The summed E-state index contributed by atoms with van der Waals surface area (Å²) in [4.78, 5) is 30.1. The van der Waals surface area contributed by atoms with Crippen LogP contribution in [0.25, 0.3) is 0 Å². The van der Waals surface area contributed by atoms with E-state index in [9.17, 15) is 9.59 Å². The van der Waals surface area contributed by atoms with Crippen molar-refractivity contribution in [2.24, 2.45) is 10.7 Å². The monoisotopic (exact) mass is 525 g/mol. The minimum absolute atomic E-state index is 0.244. The smallest absolute Gasteiger partial charge is 0.339 e. The average Bonchev–Trinajstić information content (AvgIpc) is 3.25. The predicted octanol–water partition coefficient (Wildman–Crippen LogP) is 4.54. The van der Waals surface area contributed by atoms with Gasteiger partial charge < -0.3 is 23.9 Å². The van der Waals surface area contributed by atoms with Crippen LogP contribution < -0.4 is 21.4 Å². The second-order valence-electron chi connectivity index (χ2n) is 9.03. The zero-order valence-electron chi connectivity index (χ0n) is 22.4. The third-order valence-electron chi connectivity index (χ3n) is 5.86. The maximum atomic E-state index is 13.3. The zero-order valence-corrected chi connectivity index (χ0v) is 23.2. The lowest BCUT2D eigenvalue weighted by Gasteiger charge is -2.28. The highest BCUT2D eigenvalue weighted by Gasteiger charge is 2.46. The van der Waals surface area contributed by atoms with E-state index in [-0.39, 0.29) is 5.75 Å². The van der Waals surface area contributed by atoms with Crippen molar-refractivity contribution in [2.75, 3.05) is 25.6 Å². The van der Waals surface area contributed by atoms with E-state index in [4.69, 9.17) is 24.4 Å². The van der Waals surface area contributed by atoms with Crippen molar-refractivity contribution < 1.29 is 23.4 Å². The van der Waals surface area contributed by atoms with Crippen molar-refractivity contribution in [1.82, 2.24) is 5.32 Å². The number of rotatable bonds is 17. The highest BCUT2D eigenvalue weighted by atomic mass is 32.2. The summed E-state index contributed by atoms with van der Waals surface area (Å²) in [6, 6.07) is 2.46. The minimum Gasteiger partial charge on any atom is -0.493 e. The largest absolute Gasteiger partial charge is 0.493 e. The number of nitrogens with zero attached hydrogens (tertiary/aromatic N) is 1. The van der Waals surface area contributed by atoms with Gasteiger partial charge in [0, 0.05) is 25.0 Å². The van der Waals surface area contributed by atoms with Crippen molar-refractivity contribution >= 4 is 22.7 Å². The Bertz CT molecular complexity index is 915. The molecule has 0 spiro atoms. The van der Waals surface area contributed by atoms with Gasteiger partial charge in [-0.1, -0.05) is 46.0 Å². The fourth-order valence-electron chi connectivity index (χ4n) is 3.97. The molecule has 0 fully saturated rings. The first-order valence-electron chi connectivity index (χ1n) is 13.1. The molecule has 1 aromatic rings. The number of nitrogens with one attached hydrogen (secondary N) is 1. The number of nitrogens with two attached hydrogens (primary N) is 1. The van der Waals surface area contributed by atoms with Crippen LogP contribution in [0.1, 0.15) is 91.4 Å². The van der Waals surface area contributed by atoms with Gasteiger partial charge in [-0.2, -0.15) is 0 Å². The number of hydrogen-bond donors (Lipinski definition) is 2. The summed E-state index contributed by atoms with van der Waals surface area (Å²) < 4.78 is 22.8. The lowest BCUT2D eigenvalue weighted by atomic mass is 10.1. The molecule has 1 aromatic heterocycles. The summed E-state index contributed by atoms with van der Waals surface area (Å²) in [7, 11) is 0. The van der Waals surface area contributed by atoms with Crippen molar-refractivity contribution in [1.29, 1.82) is 0 Å². The summed E-state index contributed by atoms with van der Waals surface area (Å²) in [5.74, 6) is -0.494. The first kappa shape index (κ1) is 30.3. The number of amides is 1. The van der Waals surface area contributed by atoms with Gasteiger partial charge in [-0.3, -0.25) is 10.5 Å². The predicted molar refractivity (Wildman–Crippen MR) is 143 cm³/mol. The maximum absolute atomic E-state index is 13.3. The molecule has 0 aromatic carbocycles. The lowest BCUT2D eigenvalue weighted by Crippen LogP contribution is -2.54. The van der Waals surface area contributed by atoms with Crippen LogP contribution in [0.3, 0.4) is 0 Å². The molecule has 1 aliphatic heterocycles. The molecule has 3 N–H and O–H groups in total. The van der Waals surface area contributed by atoms with E-state index in [0.29, 0.717) is 42.8 Å². The van der Waals surface area contributed by atoms with E-state index >= 15 is 0 Å². The molecule has 0 saturated carbocycles. The standard InChI is InChI=1S/C26H43N3O6S/c1-6-10-11-12-13-15-32-19-16-21(35-22(30)17-19)20(14-7-2)28-23(31)26(27)18-36-24(29-26)25(5,33-8-3)34-9-4/h16-17,20H,6-15,18,27H2,1-5H3,(H,28,31)/t20-,26+/m1/s1. The van der Waals surface area contributed by atoms with Crippen molar-refractivity contribution in [3.63, 3.8) is 0 Å². The third-order valence-corrected chi connectivity index (χ3v) is 7.18. The number of unbranched alkanes of at least 4 members (excludes halogenated alkanes) is 4. The van der Waals surface area contributed by atoms with Gasteiger partial charge in [0.05, 0.1) is 18.7 Å². The number of ether oxygens (including phenoxy) is 3. The Morgan fingerprint density at radius 1 is 1.17 bits per heavy atom. The Kier molecular flexibility index (Phi) is 12.4. The SMILES string of the molecule is CCCCCCCOc1cc([C@@H](CCC)NC(=O)[C@]2(N)CSC(C(C)(OCC)OCC)=N2)oc(=O)c1. The second-order valence-corrected chi connectivity index (χ2v) is 10.00. The van der Waals surface area contributed by atoms with Crippen molar-refractivity contribution in [3.8, 4) is 5.75 Å². The Balaban J connectivity index is 2.14. The Labute approximate surface area is 218 Å². The van der Waals surface area contributed by atoms with Crippen LogP contribution in [-0.2, 0) is 14.3 Å². The molecule has 0 unspecified atom stereocenters. The molecule has 36 heavy (non-hydrogen) atoms. The summed E-state index contributed by atoms with van der Waals surface area (Å²) in [5.41, 5.74) is 4.42. The maximum Gasteiger partial charge on any atom is 0.339 e. The number of thioether (sulfide) groups is 1. The van der Waals surface area contributed by atoms with Gasteiger partial charge >= 0.3 is 5.63 Å². The van der Waals surface area contributed by atoms with E-state index < -0.39 is 29.0 Å². The summed E-state index contributed by atoms with van der Waals surface area (Å²) in [5, 5.41) is 3.47. The van der Waals surface area contributed by atoms with E-state index in [1.54, 1.807) is 13.0 Å². The van der Waals surface area contributed by atoms with Gasteiger partial charge in [-0.05, 0) is 33.6 Å². The van der Waals surface area contributed by atoms with Crippen LogP contribution in [0.4, 0.5) is 0 Å². The van der Waals surface area contributed by atoms with Gasteiger partial charge in [0.2, 0.25) is 5.79 Å². The van der Waals surface area contributed by atoms with Gasteiger partial charge in [0.1, 0.15) is 16.6 Å². The van der Waals surface area contributed by atoms with Crippen LogP contribution in [-0.4, -0.2) is 48.0 Å². The molecular weight excluding hydrogens is 482 g/mol. The fraction of sp³-hybridized carbons (Fsp3) is 0.731. The minimum atomic E-state index is -1.49. The number of hydrogen-bond acceptors (Lipinski definition) is 9. The molecule has 1 aliphatic rings. The quantitative estimate of drug-likeness (QED) is 0.224. The summed E-state index contributed by atoms with van der Waals surface area (Å²) >= 11 is 1.34. The molecule has 9 nitrogen and oxygen atoms in total. The molecule has 0 aliphatic carbocycles. The zero-order chi connectivity index (χ0) is 26.6. The molecule has 2 atom stereocenters. The van der Waals surface area contributed by atoms with Crippen LogP contribution in [0.2, 0.25) is 0 Å². The van der Waals surface area contributed by atoms with E-state index in [2.05, 4.69) is 17.2 Å². The van der Waals surface area contributed by atoms with E-state index in [1.807, 2.05) is 20.8 Å². The second kappa shape index (κ2) is 14.8. The highest BCUT2D eigenvalue weighted by molar-refractivity contribution is 8.14. The van der Waals surface area contributed by atoms with E-state index in [1.165, 1.54) is 37.1 Å². The molecule has 204 valence electrons. The van der Waals surface area contributed by atoms with Gasteiger partial charge in [-0.25, -0.2) is 9.79 Å². The van der Waals surface area contributed by atoms with Crippen LogP contribution in [0.5, 0.6) is 5.75 Å². The lowest BCUT2D eigenvalue weighted by molar-refractivity contribution is -0.169. The molecule has 1 amide bonds. The molecule has 0 bridgehead atoms. The van der Waals surface area contributed by atoms with E-state index in [0.717, 1.165) is 19.3 Å². The first-order valence-corrected chi connectivity index (χ1v) is 14.1. The van der Waals surface area contributed by atoms with Gasteiger partial charge in [-0.15, -0.1) is 11.8 Å². The van der Waals surface area contributed by atoms with Gasteiger partial charge in [0.25, 0.3) is 5.91 Å². The topological polar surface area (TPSA) is 125 Å². The van der Waals surface area contributed by atoms with Crippen molar-refractivity contribution in [3.05, 3.63) is 28.3 Å². The van der Waals surface area contributed by atoms with Crippen LogP contribution in [0, 0.1) is 0 Å². The Morgan fingerprint density at radius 2 is 1.86 bits per heavy atom. The molecule has 2 heterocycles. The summed E-state index contributed by atoms with van der Waals surface area (Å²) in [6.07, 6.45) is 6.88. The highest BCUT2D eigenvalue weighted by Crippen LogP contribution is 2.33. The third kappa shape index (κ3) is 8.61. The van der Waals surface area contributed by atoms with Gasteiger partial charge in [0.15, 0.2) is 5.66 Å². The number of aliphatic imine (C=N–C) groups is 1. The first-order chi connectivity index (χ1) is 17.2. The van der Waals surface area contributed by atoms with Crippen LogP contribution >= 0.6 is 11.8 Å². The molecule has 2 rings (SSSR count). The molecule has 0 radical (unpaired) electrons. The normalized spacial score (nSPS) is 18.7. The Hall–Kier alpha value is -1.88. The summed E-state index contributed by atoms with van der Waals surface area (Å²) in [6.45, 7) is 11.1. The molecule has 10 heteroatoms. The number of carbonyl (C=O) groups excluding carboxylic acids is 1. The van der Waals surface area contributed by atoms with Crippen LogP contribution in [0.15, 0.2) is 26.3 Å².